The third kappa shape index (κ3) is 6.96. The van der Waals surface area contributed by atoms with Gasteiger partial charge in [-0.3, -0.25) is 19.3 Å². The van der Waals surface area contributed by atoms with Crippen molar-refractivity contribution in [2.75, 3.05) is 39.5 Å². The number of rotatable bonds is 10. The highest BCUT2D eigenvalue weighted by atomic mass is 32.1. The third-order valence-corrected chi connectivity index (χ3v) is 7.47. The molecule has 9 nitrogen and oxygen atoms in total. The van der Waals surface area contributed by atoms with Crippen LogP contribution in [0.2, 0.25) is 0 Å². The van der Waals surface area contributed by atoms with Crippen LogP contribution in [0.1, 0.15) is 66.3 Å². The van der Waals surface area contributed by atoms with Crippen LogP contribution in [0.25, 0.3) is 0 Å². The van der Waals surface area contributed by atoms with E-state index in [0.29, 0.717) is 30.4 Å². The lowest BCUT2D eigenvalue weighted by molar-refractivity contribution is -0.145. The number of hydrogen-bond acceptors (Lipinski definition) is 8. The highest BCUT2D eigenvalue weighted by Gasteiger charge is 2.36. The first kappa shape index (κ1) is 26.4. The van der Waals surface area contributed by atoms with Gasteiger partial charge in [0.1, 0.15) is 18.3 Å². The maximum atomic E-state index is 13.7. The second-order valence-corrected chi connectivity index (χ2v) is 10.1. The fraction of sp³-hybridized carbons (Fsp3) is 0.577. The number of carbonyl (C=O) groups is 3. The van der Waals surface area contributed by atoms with Gasteiger partial charge in [0.25, 0.3) is 5.91 Å². The summed E-state index contributed by atoms with van der Waals surface area (Å²) in [5.74, 6) is -0.640. The molecule has 1 atom stereocenters. The molecule has 0 bridgehead atoms. The Bertz CT molecular complexity index is 995. The van der Waals surface area contributed by atoms with E-state index < -0.39 is 17.9 Å². The van der Waals surface area contributed by atoms with Crippen molar-refractivity contribution in [3.63, 3.8) is 0 Å². The van der Waals surface area contributed by atoms with Crippen LogP contribution in [-0.4, -0.2) is 73.1 Å². The summed E-state index contributed by atoms with van der Waals surface area (Å²) in [7, 11) is 0. The van der Waals surface area contributed by atoms with Gasteiger partial charge in [-0.15, -0.1) is 11.3 Å². The molecule has 2 amide bonds. The first-order valence-electron chi connectivity index (χ1n) is 12.7. The number of carbonyl (C=O) groups excluding carboxylic acids is 3. The molecule has 0 spiro atoms. The van der Waals surface area contributed by atoms with Crippen LogP contribution in [0.4, 0.5) is 0 Å². The standard InChI is InChI=1S/C26H35N3O6S/c1-2-34-23(30)18-29(26(32)21-11-10-20(35-21)17-28-12-14-33-15-13-28)24(22-9-6-16-36-22)25(31)27-19-7-4-3-5-8-19/h6,9-11,16,19,24H,2-5,7-8,12-15,17-18H2,1H3,(H,27,31). The average molecular weight is 518 g/mol. The summed E-state index contributed by atoms with van der Waals surface area (Å²) in [5.41, 5.74) is 0. The van der Waals surface area contributed by atoms with Crippen LogP contribution in [0.5, 0.6) is 0 Å². The topological polar surface area (TPSA) is 101 Å². The lowest BCUT2D eigenvalue weighted by Crippen LogP contribution is -2.48. The zero-order valence-corrected chi connectivity index (χ0v) is 21.6. The van der Waals surface area contributed by atoms with Gasteiger partial charge in [-0.2, -0.15) is 0 Å². The van der Waals surface area contributed by atoms with Crippen LogP contribution >= 0.6 is 11.3 Å². The van der Waals surface area contributed by atoms with Crippen LogP contribution < -0.4 is 5.32 Å². The maximum Gasteiger partial charge on any atom is 0.325 e. The van der Waals surface area contributed by atoms with E-state index in [0.717, 1.165) is 38.8 Å². The molecule has 1 saturated heterocycles. The van der Waals surface area contributed by atoms with E-state index in [2.05, 4.69) is 10.2 Å². The number of furan rings is 1. The molecule has 0 aromatic carbocycles. The van der Waals surface area contributed by atoms with Gasteiger partial charge in [0.15, 0.2) is 5.76 Å². The number of morpholine rings is 1. The predicted octanol–water partition coefficient (Wildman–Crippen LogP) is 3.37. The van der Waals surface area contributed by atoms with Crippen molar-refractivity contribution >= 4 is 29.1 Å². The zero-order chi connectivity index (χ0) is 25.3. The second kappa shape index (κ2) is 13.0. The first-order valence-corrected chi connectivity index (χ1v) is 13.6. The van der Waals surface area contributed by atoms with Gasteiger partial charge in [0.05, 0.1) is 26.4 Å². The van der Waals surface area contributed by atoms with E-state index in [9.17, 15) is 14.4 Å². The molecule has 2 aliphatic rings. The molecule has 1 saturated carbocycles. The van der Waals surface area contributed by atoms with Crippen LogP contribution in [0.15, 0.2) is 34.1 Å². The number of thiophene rings is 1. The van der Waals surface area contributed by atoms with E-state index in [1.165, 1.54) is 22.7 Å². The average Bonchev–Trinajstić information content (AvgIpc) is 3.57. The first-order chi connectivity index (χ1) is 17.5. The van der Waals surface area contributed by atoms with Crippen LogP contribution in [0, 0.1) is 0 Å². The zero-order valence-electron chi connectivity index (χ0n) is 20.8. The maximum absolute atomic E-state index is 13.7. The molecular weight excluding hydrogens is 482 g/mol. The number of hydrogen-bond donors (Lipinski definition) is 1. The van der Waals surface area contributed by atoms with E-state index in [1.54, 1.807) is 19.1 Å². The lowest BCUT2D eigenvalue weighted by atomic mass is 9.95. The molecular formula is C26H35N3O6S. The normalized spacial score (nSPS) is 17.9. The van der Waals surface area contributed by atoms with Gasteiger partial charge >= 0.3 is 5.97 Å². The lowest BCUT2D eigenvalue weighted by Gasteiger charge is -2.31. The van der Waals surface area contributed by atoms with Gasteiger partial charge in [-0.1, -0.05) is 25.3 Å². The Labute approximate surface area is 215 Å². The number of nitrogens with one attached hydrogen (secondary N) is 1. The highest BCUT2D eigenvalue weighted by Crippen LogP contribution is 2.29. The Balaban J connectivity index is 1.57. The summed E-state index contributed by atoms with van der Waals surface area (Å²) in [6.07, 6.45) is 5.13. The molecule has 36 heavy (non-hydrogen) atoms. The SMILES string of the molecule is CCOC(=O)CN(C(=O)c1ccc(CN2CCOCC2)o1)C(C(=O)NC1CCCCC1)c1cccs1. The summed E-state index contributed by atoms with van der Waals surface area (Å²) in [4.78, 5) is 44.0. The van der Waals surface area contributed by atoms with Gasteiger partial charge in [0.2, 0.25) is 5.91 Å². The Morgan fingerprint density at radius 2 is 1.94 bits per heavy atom. The van der Waals surface area contributed by atoms with E-state index in [-0.39, 0.29) is 30.9 Å². The van der Waals surface area contributed by atoms with Crippen molar-refractivity contribution in [2.45, 2.75) is 57.7 Å². The van der Waals surface area contributed by atoms with Crippen LogP contribution in [-0.2, 0) is 25.6 Å². The van der Waals surface area contributed by atoms with Crippen molar-refractivity contribution < 1.29 is 28.3 Å². The molecule has 4 rings (SSSR count). The van der Waals surface area contributed by atoms with Gasteiger partial charge in [-0.05, 0) is 43.3 Å². The number of nitrogens with zero attached hydrogens (tertiary/aromatic N) is 2. The Hall–Kier alpha value is -2.69. The molecule has 2 aromatic rings. The van der Waals surface area contributed by atoms with Crippen molar-refractivity contribution in [1.29, 1.82) is 0 Å². The monoisotopic (exact) mass is 517 g/mol. The molecule has 3 heterocycles. The van der Waals surface area contributed by atoms with E-state index >= 15 is 0 Å². The molecule has 196 valence electrons. The number of ether oxygens (including phenoxy) is 2. The Morgan fingerprint density at radius 3 is 2.64 bits per heavy atom. The third-order valence-electron chi connectivity index (χ3n) is 6.55. The predicted molar refractivity (Wildman–Crippen MR) is 135 cm³/mol. The summed E-state index contributed by atoms with van der Waals surface area (Å²) in [5, 5.41) is 4.99. The van der Waals surface area contributed by atoms with Gasteiger partial charge in [0, 0.05) is 24.0 Å². The van der Waals surface area contributed by atoms with Gasteiger partial charge < -0.3 is 24.1 Å². The van der Waals surface area contributed by atoms with Crippen molar-refractivity contribution in [3.8, 4) is 0 Å². The minimum Gasteiger partial charge on any atom is -0.465 e. The van der Waals surface area contributed by atoms with E-state index in [4.69, 9.17) is 13.9 Å². The summed E-state index contributed by atoms with van der Waals surface area (Å²) >= 11 is 1.38. The number of amides is 2. The highest BCUT2D eigenvalue weighted by molar-refractivity contribution is 7.10. The largest absolute Gasteiger partial charge is 0.465 e. The molecule has 2 aromatic heterocycles. The van der Waals surface area contributed by atoms with Crippen molar-refractivity contribution in [1.82, 2.24) is 15.1 Å². The smallest absolute Gasteiger partial charge is 0.325 e. The molecule has 0 radical (unpaired) electrons. The van der Waals surface area contributed by atoms with Gasteiger partial charge in [-0.25, -0.2) is 0 Å². The van der Waals surface area contributed by atoms with E-state index in [1.807, 2.05) is 17.5 Å². The van der Waals surface area contributed by atoms with Crippen LogP contribution in [0.3, 0.4) is 0 Å². The molecule has 10 heteroatoms. The quantitative estimate of drug-likeness (QED) is 0.482. The summed E-state index contributed by atoms with van der Waals surface area (Å²) < 4.78 is 16.5. The molecule has 2 fully saturated rings. The molecule has 1 aliphatic carbocycles. The molecule has 1 unspecified atom stereocenters. The fourth-order valence-corrected chi connectivity index (χ4v) is 5.56. The summed E-state index contributed by atoms with van der Waals surface area (Å²) in [6, 6.07) is 6.14. The minimum absolute atomic E-state index is 0.0667. The summed E-state index contributed by atoms with van der Waals surface area (Å²) in [6.45, 7) is 5.01. The van der Waals surface area contributed by atoms with Crippen molar-refractivity contribution in [3.05, 3.63) is 46.0 Å². The fourth-order valence-electron chi connectivity index (χ4n) is 4.72. The number of esters is 1. The Kier molecular flexibility index (Phi) is 9.54. The van der Waals surface area contributed by atoms with Crippen molar-refractivity contribution in [2.24, 2.45) is 0 Å². The second-order valence-electron chi connectivity index (χ2n) is 9.15. The Morgan fingerprint density at radius 1 is 1.17 bits per heavy atom. The minimum atomic E-state index is -0.961. The molecule has 1 aliphatic heterocycles. The molecule has 1 N–H and O–H groups in total.